The lowest BCUT2D eigenvalue weighted by Crippen LogP contribution is -2.26. The topological polar surface area (TPSA) is 52.6 Å². The molecule has 1 rings (SSSR count). The number of esters is 2. The van der Waals surface area contributed by atoms with Crippen LogP contribution in [0.2, 0.25) is 0 Å². The Bertz CT molecular complexity index is 288. The largest absolute Gasteiger partial charge is 0.469 e. The zero-order valence-corrected chi connectivity index (χ0v) is 13.0. The van der Waals surface area contributed by atoms with Gasteiger partial charge in [-0.15, -0.1) is 0 Å². The second-order valence-corrected chi connectivity index (χ2v) is 5.89. The fourth-order valence-corrected chi connectivity index (χ4v) is 3.36. The van der Waals surface area contributed by atoms with Crippen LogP contribution in [0.15, 0.2) is 0 Å². The molecule has 0 aromatic rings. The standard InChI is InChI=1S/C16H28O4/c1-4-5-12-6-8-13(9-7-12)14(10-15(17)19-2)11-16(18)20-3/h12-14H,4-11H2,1-3H3. The van der Waals surface area contributed by atoms with Gasteiger partial charge in [0.15, 0.2) is 0 Å². The Kier molecular flexibility index (Phi) is 7.63. The van der Waals surface area contributed by atoms with Gasteiger partial charge in [-0.3, -0.25) is 9.59 Å². The van der Waals surface area contributed by atoms with Gasteiger partial charge in [-0.1, -0.05) is 32.6 Å². The summed E-state index contributed by atoms with van der Waals surface area (Å²) in [5.41, 5.74) is 0. The Hall–Kier alpha value is -1.06. The Morgan fingerprint density at radius 2 is 1.50 bits per heavy atom. The van der Waals surface area contributed by atoms with Crippen molar-refractivity contribution in [2.45, 2.75) is 58.3 Å². The minimum absolute atomic E-state index is 0.0671. The van der Waals surface area contributed by atoms with Crippen molar-refractivity contribution >= 4 is 11.9 Å². The van der Waals surface area contributed by atoms with Crippen molar-refractivity contribution in [3.63, 3.8) is 0 Å². The highest BCUT2D eigenvalue weighted by Gasteiger charge is 2.30. The summed E-state index contributed by atoms with van der Waals surface area (Å²) < 4.78 is 9.51. The smallest absolute Gasteiger partial charge is 0.305 e. The van der Waals surface area contributed by atoms with Crippen LogP contribution in [0.5, 0.6) is 0 Å². The zero-order chi connectivity index (χ0) is 15.0. The first-order chi connectivity index (χ1) is 9.60. The highest BCUT2D eigenvalue weighted by atomic mass is 16.5. The molecule has 4 heteroatoms. The third-order valence-electron chi connectivity index (χ3n) is 4.57. The molecule has 0 unspecified atom stereocenters. The summed E-state index contributed by atoms with van der Waals surface area (Å²) in [4.78, 5) is 23.1. The van der Waals surface area contributed by atoms with Crippen LogP contribution >= 0.6 is 0 Å². The number of rotatable bonds is 7. The van der Waals surface area contributed by atoms with Crippen LogP contribution in [0.25, 0.3) is 0 Å². The molecular weight excluding hydrogens is 256 g/mol. The van der Waals surface area contributed by atoms with E-state index in [0.29, 0.717) is 18.8 Å². The third kappa shape index (κ3) is 5.51. The maximum absolute atomic E-state index is 11.5. The fraction of sp³-hybridized carbons (Fsp3) is 0.875. The molecule has 0 aliphatic heterocycles. The van der Waals surface area contributed by atoms with E-state index in [2.05, 4.69) is 6.92 Å². The lowest BCUT2D eigenvalue weighted by molar-refractivity contribution is -0.145. The SMILES string of the molecule is CCCC1CCC(C(CC(=O)OC)CC(=O)OC)CC1. The summed E-state index contributed by atoms with van der Waals surface area (Å²) in [6.45, 7) is 2.23. The van der Waals surface area contributed by atoms with E-state index in [-0.39, 0.29) is 17.9 Å². The van der Waals surface area contributed by atoms with E-state index in [1.165, 1.54) is 39.9 Å². The second-order valence-electron chi connectivity index (χ2n) is 5.89. The molecule has 0 heterocycles. The second kappa shape index (κ2) is 8.98. The first-order valence-electron chi connectivity index (χ1n) is 7.74. The number of hydrogen-bond donors (Lipinski definition) is 0. The number of methoxy groups -OCH3 is 2. The minimum Gasteiger partial charge on any atom is -0.469 e. The summed E-state index contributed by atoms with van der Waals surface area (Å²) in [5, 5.41) is 0. The van der Waals surface area contributed by atoms with Crippen molar-refractivity contribution in [2.75, 3.05) is 14.2 Å². The van der Waals surface area contributed by atoms with E-state index in [4.69, 9.17) is 9.47 Å². The molecule has 0 radical (unpaired) electrons. The molecule has 0 atom stereocenters. The lowest BCUT2D eigenvalue weighted by atomic mass is 9.73. The van der Waals surface area contributed by atoms with E-state index in [0.717, 1.165) is 18.8 Å². The van der Waals surface area contributed by atoms with E-state index in [9.17, 15) is 9.59 Å². The van der Waals surface area contributed by atoms with Crippen LogP contribution < -0.4 is 0 Å². The summed E-state index contributed by atoms with van der Waals surface area (Å²) in [7, 11) is 2.80. The van der Waals surface area contributed by atoms with Gasteiger partial charge in [-0.05, 0) is 30.6 Å². The van der Waals surface area contributed by atoms with Crippen molar-refractivity contribution in [3.8, 4) is 0 Å². The monoisotopic (exact) mass is 284 g/mol. The Balaban J connectivity index is 2.54. The van der Waals surface area contributed by atoms with Gasteiger partial charge in [0.05, 0.1) is 14.2 Å². The maximum Gasteiger partial charge on any atom is 0.305 e. The molecular formula is C16H28O4. The zero-order valence-electron chi connectivity index (χ0n) is 13.0. The van der Waals surface area contributed by atoms with E-state index in [1.807, 2.05) is 0 Å². The number of carbonyl (C=O) groups excluding carboxylic acids is 2. The first kappa shape index (κ1) is 17.0. The molecule has 0 aromatic heterocycles. The van der Waals surface area contributed by atoms with Crippen LogP contribution in [0.4, 0.5) is 0 Å². The van der Waals surface area contributed by atoms with Crippen LogP contribution in [0, 0.1) is 17.8 Å². The fourth-order valence-electron chi connectivity index (χ4n) is 3.36. The summed E-state index contributed by atoms with van der Waals surface area (Å²) in [5.74, 6) is 0.885. The molecule has 0 aromatic carbocycles. The Labute approximate surface area is 122 Å². The molecule has 20 heavy (non-hydrogen) atoms. The predicted molar refractivity (Wildman–Crippen MR) is 77.1 cm³/mol. The van der Waals surface area contributed by atoms with Crippen LogP contribution in [0.3, 0.4) is 0 Å². The highest BCUT2D eigenvalue weighted by molar-refractivity contribution is 5.73. The molecule has 0 amide bonds. The van der Waals surface area contributed by atoms with Crippen LogP contribution in [0.1, 0.15) is 58.3 Å². The average Bonchev–Trinajstić information content (AvgIpc) is 2.47. The van der Waals surface area contributed by atoms with E-state index < -0.39 is 0 Å². The molecule has 1 aliphatic rings. The molecule has 1 fully saturated rings. The van der Waals surface area contributed by atoms with Gasteiger partial charge in [0.1, 0.15) is 0 Å². The molecule has 1 saturated carbocycles. The Morgan fingerprint density at radius 1 is 1.00 bits per heavy atom. The summed E-state index contributed by atoms with van der Waals surface area (Å²) in [6.07, 6.45) is 7.86. The number of ether oxygens (including phenoxy) is 2. The van der Waals surface area contributed by atoms with Gasteiger partial charge in [-0.2, -0.15) is 0 Å². The average molecular weight is 284 g/mol. The van der Waals surface area contributed by atoms with Crippen LogP contribution in [-0.4, -0.2) is 26.2 Å². The van der Waals surface area contributed by atoms with Crippen molar-refractivity contribution in [2.24, 2.45) is 17.8 Å². The van der Waals surface area contributed by atoms with Gasteiger partial charge in [0.2, 0.25) is 0 Å². The van der Waals surface area contributed by atoms with Crippen molar-refractivity contribution < 1.29 is 19.1 Å². The third-order valence-corrected chi connectivity index (χ3v) is 4.57. The van der Waals surface area contributed by atoms with Gasteiger partial charge in [-0.25, -0.2) is 0 Å². The molecule has 116 valence electrons. The minimum atomic E-state index is -0.227. The number of hydrogen-bond acceptors (Lipinski definition) is 4. The van der Waals surface area contributed by atoms with Crippen molar-refractivity contribution in [1.82, 2.24) is 0 Å². The molecule has 1 aliphatic carbocycles. The quantitative estimate of drug-likeness (QED) is 0.673. The van der Waals surface area contributed by atoms with E-state index >= 15 is 0 Å². The summed E-state index contributed by atoms with van der Waals surface area (Å²) >= 11 is 0. The first-order valence-corrected chi connectivity index (χ1v) is 7.74. The molecule has 0 bridgehead atoms. The van der Waals surface area contributed by atoms with Gasteiger partial charge in [0.25, 0.3) is 0 Å². The van der Waals surface area contributed by atoms with Gasteiger partial charge >= 0.3 is 11.9 Å². The van der Waals surface area contributed by atoms with Gasteiger partial charge < -0.3 is 9.47 Å². The van der Waals surface area contributed by atoms with Crippen molar-refractivity contribution in [3.05, 3.63) is 0 Å². The number of carbonyl (C=O) groups is 2. The molecule has 4 nitrogen and oxygen atoms in total. The van der Waals surface area contributed by atoms with Gasteiger partial charge in [0, 0.05) is 12.8 Å². The highest BCUT2D eigenvalue weighted by Crippen LogP contribution is 2.38. The Morgan fingerprint density at radius 3 is 1.90 bits per heavy atom. The van der Waals surface area contributed by atoms with E-state index in [1.54, 1.807) is 0 Å². The van der Waals surface area contributed by atoms with Crippen LogP contribution in [-0.2, 0) is 19.1 Å². The molecule has 0 spiro atoms. The maximum atomic E-state index is 11.5. The lowest BCUT2D eigenvalue weighted by Gasteiger charge is -2.33. The van der Waals surface area contributed by atoms with Crippen molar-refractivity contribution in [1.29, 1.82) is 0 Å². The summed E-state index contributed by atoms with van der Waals surface area (Å²) in [6, 6.07) is 0. The molecule has 0 N–H and O–H groups in total. The molecule has 0 saturated heterocycles. The predicted octanol–water partition coefficient (Wildman–Crippen LogP) is 3.34. The normalized spacial score (nSPS) is 22.6.